The number of ether oxygens (including phenoxy) is 1. The van der Waals surface area contributed by atoms with Crippen LogP contribution < -0.4 is 10.5 Å². The molecule has 1 rings (SSSR count). The minimum Gasteiger partial charge on any atom is -0.497 e. The summed E-state index contributed by atoms with van der Waals surface area (Å²) in [5.74, 6) is -3.62. The van der Waals surface area contributed by atoms with Crippen LogP contribution in [0.15, 0.2) is 12.1 Å². The second-order valence-corrected chi connectivity index (χ2v) is 2.82. The van der Waals surface area contributed by atoms with Crippen molar-refractivity contribution in [2.45, 2.75) is 6.04 Å². The van der Waals surface area contributed by atoms with E-state index in [0.717, 1.165) is 12.1 Å². The van der Waals surface area contributed by atoms with Crippen molar-refractivity contribution in [2.75, 3.05) is 7.11 Å². The van der Waals surface area contributed by atoms with E-state index in [0.29, 0.717) is 0 Å². The van der Waals surface area contributed by atoms with Crippen LogP contribution in [0.5, 0.6) is 5.75 Å². The van der Waals surface area contributed by atoms with Crippen LogP contribution in [-0.2, 0) is 4.79 Å². The quantitative estimate of drug-likeness (QED) is 0.793. The third-order valence-electron chi connectivity index (χ3n) is 1.87. The van der Waals surface area contributed by atoms with E-state index in [1.807, 2.05) is 0 Å². The summed E-state index contributed by atoms with van der Waals surface area (Å²) in [6.45, 7) is 0. The van der Waals surface area contributed by atoms with Crippen LogP contribution in [0, 0.1) is 11.6 Å². The van der Waals surface area contributed by atoms with E-state index in [1.165, 1.54) is 7.11 Å². The number of aliphatic carboxylic acids is 1. The molecule has 1 aromatic rings. The van der Waals surface area contributed by atoms with E-state index in [9.17, 15) is 13.6 Å². The molecule has 3 N–H and O–H groups in total. The molecule has 0 saturated carbocycles. The molecule has 0 spiro atoms. The normalized spacial score (nSPS) is 12.3. The highest BCUT2D eigenvalue weighted by atomic mass is 19.1. The Morgan fingerprint density at radius 2 is 1.93 bits per heavy atom. The van der Waals surface area contributed by atoms with Gasteiger partial charge in [0.25, 0.3) is 0 Å². The van der Waals surface area contributed by atoms with E-state index in [1.54, 1.807) is 0 Å². The number of carboxylic acids is 1. The fourth-order valence-corrected chi connectivity index (χ4v) is 1.10. The number of benzene rings is 1. The zero-order valence-corrected chi connectivity index (χ0v) is 7.83. The third-order valence-corrected chi connectivity index (χ3v) is 1.87. The molecule has 82 valence electrons. The lowest BCUT2D eigenvalue weighted by atomic mass is 10.1. The van der Waals surface area contributed by atoms with Gasteiger partial charge in [-0.05, 0) is 0 Å². The number of carboxylic acid groups (broad SMARTS) is 1. The van der Waals surface area contributed by atoms with Crippen molar-refractivity contribution >= 4 is 5.97 Å². The number of carbonyl (C=O) groups is 1. The van der Waals surface area contributed by atoms with E-state index in [4.69, 9.17) is 10.8 Å². The van der Waals surface area contributed by atoms with E-state index in [-0.39, 0.29) is 5.75 Å². The second-order valence-electron chi connectivity index (χ2n) is 2.82. The van der Waals surface area contributed by atoms with Crippen LogP contribution in [0.2, 0.25) is 0 Å². The molecule has 0 aromatic heterocycles. The van der Waals surface area contributed by atoms with Gasteiger partial charge in [0.15, 0.2) is 0 Å². The van der Waals surface area contributed by atoms with Crippen LogP contribution in [0.3, 0.4) is 0 Å². The number of halogens is 2. The molecule has 6 heteroatoms. The average molecular weight is 217 g/mol. The highest BCUT2D eigenvalue weighted by Gasteiger charge is 2.23. The highest BCUT2D eigenvalue weighted by molar-refractivity contribution is 5.75. The van der Waals surface area contributed by atoms with Gasteiger partial charge in [-0.25, -0.2) is 8.78 Å². The molecule has 0 aliphatic carbocycles. The summed E-state index contributed by atoms with van der Waals surface area (Å²) < 4.78 is 31.1. The molecule has 0 fully saturated rings. The van der Waals surface area contributed by atoms with Gasteiger partial charge in [-0.1, -0.05) is 0 Å². The molecule has 0 radical (unpaired) electrons. The Bertz CT molecular complexity index is 372. The molecular formula is C9H9F2NO3. The highest BCUT2D eigenvalue weighted by Crippen LogP contribution is 2.24. The van der Waals surface area contributed by atoms with E-state index >= 15 is 0 Å². The molecule has 0 amide bonds. The van der Waals surface area contributed by atoms with E-state index in [2.05, 4.69) is 4.74 Å². The number of nitrogens with two attached hydrogens (primary N) is 1. The van der Waals surface area contributed by atoms with Gasteiger partial charge < -0.3 is 15.6 Å². The predicted octanol–water partition coefficient (Wildman–Crippen LogP) is 1.06. The Morgan fingerprint density at radius 3 is 2.27 bits per heavy atom. The molecule has 0 aliphatic heterocycles. The van der Waals surface area contributed by atoms with Crippen molar-refractivity contribution < 1.29 is 23.4 Å². The van der Waals surface area contributed by atoms with Gasteiger partial charge in [0, 0.05) is 12.1 Å². The smallest absolute Gasteiger partial charge is 0.325 e. The van der Waals surface area contributed by atoms with Crippen molar-refractivity contribution in [3.63, 3.8) is 0 Å². The summed E-state index contributed by atoms with van der Waals surface area (Å²) in [7, 11) is 1.24. The summed E-state index contributed by atoms with van der Waals surface area (Å²) in [6.07, 6.45) is 0. The maximum absolute atomic E-state index is 13.2. The van der Waals surface area contributed by atoms with Crippen LogP contribution in [0.25, 0.3) is 0 Å². The minimum atomic E-state index is -1.73. The number of rotatable bonds is 3. The molecule has 0 saturated heterocycles. The van der Waals surface area contributed by atoms with Gasteiger partial charge in [0.1, 0.15) is 23.4 Å². The predicted molar refractivity (Wildman–Crippen MR) is 47.5 cm³/mol. The van der Waals surface area contributed by atoms with Gasteiger partial charge in [0.05, 0.1) is 12.7 Å². The Morgan fingerprint density at radius 1 is 1.47 bits per heavy atom. The fourth-order valence-electron chi connectivity index (χ4n) is 1.10. The summed E-state index contributed by atoms with van der Waals surface area (Å²) in [5, 5.41) is 8.52. The van der Waals surface area contributed by atoms with Crippen molar-refractivity contribution in [3.8, 4) is 5.75 Å². The van der Waals surface area contributed by atoms with Gasteiger partial charge in [-0.2, -0.15) is 0 Å². The summed E-state index contributed by atoms with van der Waals surface area (Å²) >= 11 is 0. The third kappa shape index (κ3) is 2.21. The molecule has 4 nitrogen and oxygen atoms in total. The monoisotopic (exact) mass is 217 g/mol. The molecule has 0 unspecified atom stereocenters. The minimum absolute atomic E-state index is 0.0358. The zero-order valence-electron chi connectivity index (χ0n) is 7.83. The lowest BCUT2D eigenvalue weighted by Crippen LogP contribution is -2.23. The topological polar surface area (TPSA) is 72.5 Å². The van der Waals surface area contributed by atoms with Crippen LogP contribution in [-0.4, -0.2) is 18.2 Å². The average Bonchev–Trinajstić information content (AvgIpc) is 2.16. The Balaban J connectivity index is 3.25. The van der Waals surface area contributed by atoms with Crippen molar-refractivity contribution in [2.24, 2.45) is 5.73 Å². The largest absolute Gasteiger partial charge is 0.497 e. The van der Waals surface area contributed by atoms with Crippen LogP contribution in [0.4, 0.5) is 8.78 Å². The maximum Gasteiger partial charge on any atom is 0.325 e. The second kappa shape index (κ2) is 4.22. The SMILES string of the molecule is COc1cc(F)c([C@@H](N)C(=O)O)c(F)c1. The fraction of sp³-hybridized carbons (Fsp3) is 0.222. The Kier molecular flexibility index (Phi) is 3.21. The van der Waals surface area contributed by atoms with Gasteiger partial charge in [0.2, 0.25) is 0 Å². The first-order valence-corrected chi connectivity index (χ1v) is 3.98. The molecule has 0 bridgehead atoms. The van der Waals surface area contributed by atoms with Crippen LogP contribution >= 0.6 is 0 Å². The zero-order chi connectivity index (χ0) is 11.6. The molecule has 0 aliphatic rings. The molecule has 1 aromatic carbocycles. The lowest BCUT2D eigenvalue weighted by molar-refractivity contribution is -0.138. The first-order chi connectivity index (χ1) is 6.97. The Labute approximate surface area is 84.3 Å². The number of hydrogen-bond acceptors (Lipinski definition) is 3. The van der Waals surface area contributed by atoms with Gasteiger partial charge >= 0.3 is 5.97 Å². The summed E-state index contributed by atoms with van der Waals surface area (Å²) in [6, 6.07) is 0.0264. The first-order valence-electron chi connectivity index (χ1n) is 3.98. The van der Waals surface area contributed by atoms with Crippen molar-refractivity contribution in [1.29, 1.82) is 0 Å². The summed E-state index contributed by atoms with van der Waals surface area (Å²) in [5.41, 5.74) is 4.43. The number of hydrogen-bond donors (Lipinski definition) is 2. The standard InChI is InChI=1S/C9H9F2NO3/c1-15-4-2-5(10)7(6(11)3-4)8(12)9(13)14/h2-3,8H,12H2,1H3,(H,13,14)/t8-/m1/s1. The Hall–Kier alpha value is -1.69. The molecule has 0 heterocycles. The number of methoxy groups -OCH3 is 1. The van der Waals surface area contributed by atoms with Gasteiger partial charge in [-0.3, -0.25) is 4.79 Å². The molecule has 15 heavy (non-hydrogen) atoms. The maximum atomic E-state index is 13.2. The lowest BCUT2D eigenvalue weighted by Gasteiger charge is -2.10. The van der Waals surface area contributed by atoms with Crippen molar-refractivity contribution in [3.05, 3.63) is 29.3 Å². The van der Waals surface area contributed by atoms with E-state index < -0.39 is 29.2 Å². The van der Waals surface area contributed by atoms with Gasteiger partial charge in [-0.15, -0.1) is 0 Å². The first kappa shape index (κ1) is 11.4. The van der Waals surface area contributed by atoms with Crippen molar-refractivity contribution in [1.82, 2.24) is 0 Å². The molecular weight excluding hydrogens is 208 g/mol. The van der Waals surface area contributed by atoms with Crippen LogP contribution in [0.1, 0.15) is 11.6 Å². The molecule has 1 atom stereocenters. The summed E-state index contributed by atoms with van der Waals surface area (Å²) in [4.78, 5) is 10.5.